The van der Waals surface area contributed by atoms with Gasteiger partial charge in [-0.25, -0.2) is 0 Å². The average Bonchev–Trinajstić information content (AvgIpc) is 2.65. The lowest BCUT2D eigenvalue weighted by molar-refractivity contribution is -0.143. The Balaban J connectivity index is 2.30. The Kier molecular flexibility index (Phi) is 4.32. The van der Waals surface area contributed by atoms with Crippen LogP contribution in [0.3, 0.4) is 0 Å². The van der Waals surface area contributed by atoms with E-state index in [2.05, 4.69) is 10.8 Å². The highest BCUT2D eigenvalue weighted by molar-refractivity contribution is 8.01. The van der Waals surface area contributed by atoms with Crippen molar-refractivity contribution in [2.75, 3.05) is 12.9 Å². The van der Waals surface area contributed by atoms with Crippen molar-refractivity contribution in [3.8, 4) is 0 Å². The maximum Gasteiger partial charge on any atom is 0.309 e. The summed E-state index contributed by atoms with van der Waals surface area (Å²) in [4.78, 5) is 11.0. The van der Waals surface area contributed by atoms with Gasteiger partial charge in [0.25, 0.3) is 0 Å². The predicted octanol–water partition coefficient (Wildman–Crippen LogP) is 2.65. The Morgan fingerprint density at radius 2 is 2.54 bits per heavy atom. The van der Waals surface area contributed by atoms with E-state index in [4.69, 9.17) is 0 Å². The standard InChI is InChI=1S/C9H12O2S2/c1-7(9(10)11-2)6-13-8-4-3-5-12-8/h3-5,7H,6H2,1-2H3. The summed E-state index contributed by atoms with van der Waals surface area (Å²) in [5.41, 5.74) is 0. The first-order valence-electron chi connectivity index (χ1n) is 3.98. The summed E-state index contributed by atoms with van der Waals surface area (Å²) < 4.78 is 5.88. The molecule has 1 aromatic heterocycles. The van der Waals surface area contributed by atoms with Gasteiger partial charge in [0.15, 0.2) is 0 Å². The van der Waals surface area contributed by atoms with Crippen molar-refractivity contribution in [2.24, 2.45) is 5.92 Å². The molecule has 1 unspecified atom stereocenters. The van der Waals surface area contributed by atoms with Crippen molar-refractivity contribution >= 4 is 29.1 Å². The Hall–Kier alpha value is -0.480. The minimum absolute atomic E-state index is 0.0305. The molecule has 0 bridgehead atoms. The topological polar surface area (TPSA) is 26.3 Å². The van der Waals surface area contributed by atoms with Gasteiger partial charge in [0.1, 0.15) is 0 Å². The highest BCUT2D eigenvalue weighted by atomic mass is 32.2. The number of esters is 1. The van der Waals surface area contributed by atoms with Crippen LogP contribution in [0.1, 0.15) is 6.92 Å². The number of hydrogen-bond acceptors (Lipinski definition) is 4. The second kappa shape index (κ2) is 5.29. The summed E-state index contributed by atoms with van der Waals surface area (Å²) in [6, 6.07) is 4.06. The van der Waals surface area contributed by atoms with E-state index in [-0.39, 0.29) is 11.9 Å². The molecule has 0 aliphatic carbocycles. The minimum Gasteiger partial charge on any atom is -0.469 e. The van der Waals surface area contributed by atoms with E-state index in [0.717, 1.165) is 5.75 Å². The highest BCUT2D eigenvalue weighted by Gasteiger charge is 2.13. The normalized spacial score (nSPS) is 12.5. The van der Waals surface area contributed by atoms with Crippen molar-refractivity contribution in [2.45, 2.75) is 11.1 Å². The maximum absolute atomic E-state index is 11.0. The Morgan fingerprint density at radius 1 is 1.77 bits per heavy atom. The fourth-order valence-corrected chi connectivity index (χ4v) is 2.64. The van der Waals surface area contributed by atoms with Gasteiger partial charge in [0.05, 0.1) is 17.2 Å². The number of carbonyl (C=O) groups is 1. The molecular formula is C9H12O2S2. The van der Waals surface area contributed by atoms with Crippen LogP contribution in [0.4, 0.5) is 0 Å². The molecule has 1 rings (SSSR count). The highest BCUT2D eigenvalue weighted by Crippen LogP contribution is 2.25. The third kappa shape index (κ3) is 3.40. The van der Waals surface area contributed by atoms with Crippen molar-refractivity contribution in [1.82, 2.24) is 0 Å². The molecule has 0 saturated heterocycles. The van der Waals surface area contributed by atoms with E-state index in [1.54, 1.807) is 23.1 Å². The van der Waals surface area contributed by atoms with Gasteiger partial charge in [-0.05, 0) is 11.4 Å². The molecular weight excluding hydrogens is 204 g/mol. The lowest BCUT2D eigenvalue weighted by Crippen LogP contribution is -2.14. The van der Waals surface area contributed by atoms with E-state index in [0.29, 0.717) is 0 Å². The first-order valence-corrected chi connectivity index (χ1v) is 5.84. The number of methoxy groups -OCH3 is 1. The molecule has 1 aromatic rings. The Bertz CT molecular complexity index is 257. The molecule has 0 amide bonds. The third-order valence-electron chi connectivity index (χ3n) is 1.57. The van der Waals surface area contributed by atoms with Crippen molar-refractivity contribution in [1.29, 1.82) is 0 Å². The zero-order chi connectivity index (χ0) is 9.68. The van der Waals surface area contributed by atoms with Crippen LogP contribution in [0.25, 0.3) is 0 Å². The fourth-order valence-electron chi connectivity index (χ4n) is 0.822. The molecule has 0 aliphatic rings. The monoisotopic (exact) mass is 216 g/mol. The average molecular weight is 216 g/mol. The smallest absolute Gasteiger partial charge is 0.309 e. The van der Waals surface area contributed by atoms with E-state index >= 15 is 0 Å². The van der Waals surface area contributed by atoms with Crippen molar-refractivity contribution < 1.29 is 9.53 Å². The number of ether oxygens (including phenoxy) is 1. The van der Waals surface area contributed by atoms with Gasteiger partial charge in [0.2, 0.25) is 0 Å². The predicted molar refractivity (Wildman–Crippen MR) is 56.2 cm³/mol. The summed E-state index contributed by atoms with van der Waals surface area (Å²) in [7, 11) is 1.43. The van der Waals surface area contributed by atoms with Crippen LogP contribution in [-0.2, 0) is 9.53 Å². The molecule has 1 heterocycles. The van der Waals surface area contributed by atoms with Crippen molar-refractivity contribution in [3.63, 3.8) is 0 Å². The maximum atomic E-state index is 11.0. The van der Waals surface area contributed by atoms with E-state index in [1.807, 2.05) is 18.4 Å². The van der Waals surface area contributed by atoms with Crippen LogP contribution < -0.4 is 0 Å². The molecule has 0 aromatic carbocycles. The molecule has 4 heteroatoms. The van der Waals surface area contributed by atoms with Crippen LogP contribution in [0, 0.1) is 5.92 Å². The fraction of sp³-hybridized carbons (Fsp3) is 0.444. The van der Waals surface area contributed by atoms with Gasteiger partial charge in [0, 0.05) is 5.75 Å². The summed E-state index contributed by atoms with van der Waals surface area (Å²) in [5.74, 6) is 0.619. The first-order chi connectivity index (χ1) is 6.24. The van der Waals surface area contributed by atoms with Crippen LogP contribution >= 0.6 is 23.1 Å². The zero-order valence-electron chi connectivity index (χ0n) is 7.65. The van der Waals surface area contributed by atoms with Crippen LogP contribution in [-0.4, -0.2) is 18.8 Å². The molecule has 0 fully saturated rings. The summed E-state index contributed by atoms with van der Waals surface area (Å²) in [6.07, 6.45) is 0. The second-order valence-corrected chi connectivity index (χ2v) is 4.94. The molecule has 1 atom stereocenters. The molecule has 0 radical (unpaired) electrons. The molecule has 72 valence electrons. The summed E-state index contributed by atoms with van der Waals surface area (Å²) >= 11 is 3.39. The summed E-state index contributed by atoms with van der Waals surface area (Å²) in [5, 5.41) is 2.03. The van der Waals surface area contributed by atoms with Gasteiger partial charge in [-0.15, -0.1) is 23.1 Å². The first kappa shape index (κ1) is 10.6. The van der Waals surface area contributed by atoms with Gasteiger partial charge >= 0.3 is 5.97 Å². The van der Waals surface area contributed by atoms with Gasteiger partial charge in [-0.1, -0.05) is 13.0 Å². The van der Waals surface area contributed by atoms with Crippen LogP contribution in [0.2, 0.25) is 0 Å². The number of rotatable bonds is 4. The van der Waals surface area contributed by atoms with Gasteiger partial charge < -0.3 is 4.74 Å². The van der Waals surface area contributed by atoms with E-state index < -0.39 is 0 Å². The van der Waals surface area contributed by atoms with Gasteiger partial charge in [-0.2, -0.15) is 0 Å². The largest absolute Gasteiger partial charge is 0.469 e. The molecule has 0 spiro atoms. The number of thioether (sulfide) groups is 1. The SMILES string of the molecule is COC(=O)C(C)CSc1cccs1. The second-order valence-electron chi connectivity index (χ2n) is 2.67. The quantitative estimate of drug-likeness (QED) is 0.571. The molecule has 0 saturated carbocycles. The lowest BCUT2D eigenvalue weighted by atomic mass is 10.2. The van der Waals surface area contributed by atoms with Crippen molar-refractivity contribution in [3.05, 3.63) is 17.5 Å². The number of thiophene rings is 1. The Morgan fingerprint density at radius 3 is 3.08 bits per heavy atom. The summed E-state index contributed by atoms with van der Waals surface area (Å²) in [6.45, 7) is 1.88. The zero-order valence-corrected chi connectivity index (χ0v) is 9.28. The number of carbonyl (C=O) groups excluding carboxylic acids is 1. The molecule has 0 aliphatic heterocycles. The minimum atomic E-state index is -0.135. The van der Waals surface area contributed by atoms with Gasteiger partial charge in [-0.3, -0.25) is 4.79 Å². The molecule has 2 nitrogen and oxygen atoms in total. The lowest BCUT2D eigenvalue weighted by Gasteiger charge is -2.06. The number of hydrogen-bond donors (Lipinski definition) is 0. The van der Waals surface area contributed by atoms with E-state index in [9.17, 15) is 4.79 Å². The van der Waals surface area contributed by atoms with E-state index in [1.165, 1.54) is 11.3 Å². The molecule has 13 heavy (non-hydrogen) atoms. The Labute approximate surface area is 86.3 Å². The van der Waals surface area contributed by atoms with Crippen LogP contribution in [0.15, 0.2) is 21.7 Å². The third-order valence-corrected chi connectivity index (χ3v) is 3.97. The van der Waals surface area contributed by atoms with Crippen LogP contribution in [0.5, 0.6) is 0 Å². The molecule has 0 N–H and O–H groups in total.